The minimum atomic E-state index is 0.673. The zero-order valence-corrected chi connectivity index (χ0v) is 8.70. The Labute approximate surface area is 85.1 Å². The number of aromatic nitrogens is 1. The highest BCUT2D eigenvalue weighted by Crippen LogP contribution is 2.25. The van der Waals surface area contributed by atoms with Gasteiger partial charge in [-0.1, -0.05) is 0 Å². The van der Waals surface area contributed by atoms with E-state index in [1.165, 1.54) is 5.56 Å². The lowest BCUT2D eigenvalue weighted by Gasteiger charge is -1.89. The topological polar surface area (TPSA) is 38.9 Å². The van der Waals surface area contributed by atoms with E-state index in [2.05, 4.69) is 27.2 Å². The fraction of sp³-hybridized carbons (Fsp3) is 0.222. The van der Waals surface area contributed by atoms with Gasteiger partial charge in [0.2, 0.25) is 0 Å². The standard InChI is InChI=1S/C9H10N2S2/c10-3-1-8-6-13-9(11-8)7-2-4-12-5-7/h2,4-6H,1,3,10H2. The van der Waals surface area contributed by atoms with Gasteiger partial charge < -0.3 is 5.73 Å². The third kappa shape index (κ3) is 1.96. The van der Waals surface area contributed by atoms with Gasteiger partial charge in [-0.15, -0.1) is 11.3 Å². The van der Waals surface area contributed by atoms with E-state index < -0.39 is 0 Å². The van der Waals surface area contributed by atoms with Crippen LogP contribution in [0.2, 0.25) is 0 Å². The van der Waals surface area contributed by atoms with E-state index in [9.17, 15) is 0 Å². The quantitative estimate of drug-likeness (QED) is 0.844. The highest BCUT2D eigenvalue weighted by atomic mass is 32.1. The van der Waals surface area contributed by atoms with Gasteiger partial charge in [0.1, 0.15) is 5.01 Å². The smallest absolute Gasteiger partial charge is 0.124 e. The zero-order valence-electron chi connectivity index (χ0n) is 7.06. The molecule has 0 aliphatic heterocycles. The molecule has 0 amide bonds. The van der Waals surface area contributed by atoms with Crippen molar-refractivity contribution in [1.82, 2.24) is 4.98 Å². The minimum Gasteiger partial charge on any atom is -0.330 e. The molecular formula is C9H10N2S2. The molecule has 2 nitrogen and oxygen atoms in total. The summed E-state index contributed by atoms with van der Waals surface area (Å²) >= 11 is 3.39. The molecule has 0 fully saturated rings. The predicted octanol–water partition coefficient (Wildman–Crippen LogP) is 2.37. The Kier molecular flexibility index (Phi) is 2.73. The second-order valence-corrected chi connectivity index (χ2v) is 4.33. The first kappa shape index (κ1) is 8.87. The van der Waals surface area contributed by atoms with Crippen LogP contribution in [0.25, 0.3) is 10.6 Å². The molecule has 0 saturated heterocycles. The summed E-state index contributed by atoms with van der Waals surface area (Å²) in [6.07, 6.45) is 0.876. The molecule has 0 bridgehead atoms. The van der Waals surface area contributed by atoms with E-state index >= 15 is 0 Å². The van der Waals surface area contributed by atoms with Crippen molar-refractivity contribution in [2.45, 2.75) is 6.42 Å². The van der Waals surface area contributed by atoms with Gasteiger partial charge in [0.25, 0.3) is 0 Å². The number of nitrogens with two attached hydrogens (primary N) is 1. The molecule has 0 spiro atoms. The maximum Gasteiger partial charge on any atom is 0.124 e. The predicted molar refractivity (Wildman–Crippen MR) is 58.2 cm³/mol. The summed E-state index contributed by atoms with van der Waals surface area (Å²) in [5.41, 5.74) is 7.78. The Morgan fingerprint density at radius 2 is 2.31 bits per heavy atom. The van der Waals surface area contributed by atoms with Crippen molar-refractivity contribution in [3.63, 3.8) is 0 Å². The van der Waals surface area contributed by atoms with Gasteiger partial charge in [-0.2, -0.15) is 11.3 Å². The fourth-order valence-corrected chi connectivity index (χ4v) is 2.65. The monoisotopic (exact) mass is 210 g/mol. The molecule has 0 atom stereocenters. The van der Waals surface area contributed by atoms with Crippen LogP contribution in [0, 0.1) is 0 Å². The van der Waals surface area contributed by atoms with Gasteiger partial charge in [0.05, 0.1) is 5.69 Å². The summed E-state index contributed by atoms with van der Waals surface area (Å²) in [6.45, 7) is 0.673. The second kappa shape index (κ2) is 4.00. The highest BCUT2D eigenvalue weighted by molar-refractivity contribution is 7.14. The zero-order chi connectivity index (χ0) is 9.10. The molecule has 0 unspecified atom stereocenters. The summed E-state index contributed by atoms with van der Waals surface area (Å²) in [5, 5.41) is 7.37. The largest absolute Gasteiger partial charge is 0.330 e. The Morgan fingerprint density at radius 3 is 3.00 bits per heavy atom. The lowest BCUT2D eigenvalue weighted by atomic mass is 10.3. The van der Waals surface area contributed by atoms with Crippen LogP contribution < -0.4 is 5.73 Å². The summed E-state index contributed by atoms with van der Waals surface area (Å²) in [4.78, 5) is 4.49. The molecule has 0 radical (unpaired) electrons. The average molecular weight is 210 g/mol. The van der Waals surface area contributed by atoms with Crippen molar-refractivity contribution < 1.29 is 0 Å². The minimum absolute atomic E-state index is 0.673. The van der Waals surface area contributed by atoms with Gasteiger partial charge in [0, 0.05) is 22.7 Å². The van der Waals surface area contributed by atoms with E-state index in [-0.39, 0.29) is 0 Å². The summed E-state index contributed by atoms with van der Waals surface area (Å²) in [6, 6.07) is 2.09. The van der Waals surface area contributed by atoms with Crippen molar-refractivity contribution >= 4 is 22.7 Å². The van der Waals surface area contributed by atoms with Gasteiger partial charge >= 0.3 is 0 Å². The molecule has 0 saturated carbocycles. The summed E-state index contributed by atoms with van der Waals surface area (Å²) in [7, 11) is 0. The fourth-order valence-electron chi connectivity index (χ4n) is 1.09. The average Bonchev–Trinajstić information content (AvgIpc) is 2.70. The molecule has 4 heteroatoms. The molecule has 0 aromatic carbocycles. The molecule has 2 aromatic heterocycles. The van der Waals surface area contributed by atoms with Crippen LogP contribution in [0.15, 0.2) is 22.2 Å². The first-order valence-electron chi connectivity index (χ1n) is 4.07. The lowest BCUT2D eigenvalue weighted by molar-refractivity contribution is 0.936. The molecule has 2 aromatic rings. The maximum atomic E-state index is 5.46. The Hall–Kier alpha value is -0.710. The van der Waals surface area contributed by atoms with Crippen molar-refractivity contribution in [2.75, 3.05) is 6.54 Å². The maximum absolute atomic E-state index is 5.46. The van der Waals surface area contributed by atoms with Crippen molar-refractivity contribution in [3.8, 4) is 10.6 Å². The van der Waals surface area contributed by atoms with Gasteiger partial charge in [-0.05, 0) is 18.0 Å². The van der Waals surface area contributed by atoms with Crippen LogP contribution in [0.3, 0.4) is 0 Å². The van der Waals surface area contributed by atoms with Gasteiger partial charge in [-0.25, -0.2) is 4.98 Å². The number of hydrogen-bond donors (Lipinski definition) is 1. The van der Waals surface area contributed by atoms with E-state index in [1.807, 2.05) is 0 Å². The van der Waals surface area contributed by atoms with E-state index in [0.29, 0.717) is 6.54 Å². The van der Waals surface area contributed by atoms with Crippen LogP contribution in [-0.4, -0.2) is 11.5 Å². The molecule has 0 aliphatic rings. The molecule has 2 N–H and O–H groups in total. The van der Waals surface area contributed by atoms with Crippen LogP contribution in [-0.2, 0) is 6.42 Å². The normalized spacial score (nSPS) is 10.5. The molecule has 0 aliphatic carbocycles. The lowest BCUT2D eigenvalue weighted by Crippen LogP contribution is -2.02. The van der Waals surface area contributed by atoms with Crippen LogP contribution in [0.5, 0.6) is 0 Å². The Bertz CT molecular complexity index is 365. The summed E-state index contributed by atoms with van der Waals surface area (Å²) < 4.78 is 0. The number of thiophene rings is 1. The van der Waals surface area contributed by atoms with Gasteiger partial charge in [0.15, 0.2) is 0 Å². The second-order valence-electron chi connectivity index (χ2n) is 2.69. The van der Waals surface area contributed by atoms with Crippen molar-refractivity contribution in [1.29, 1.82) is 0 Å². The number of rotatable bonds is 3. The van der Waals surface area contributed by atoms with Crippen LogP contribution in [0.1, 0.15) is 5.69 Å². The Morgan fingerprint density at radius 1 is 1.38 bits per heavy atom. The van der Waals surface area contributed by atoms with Crippen LogP contribution in [0.4, 0.5) is 0 Å². The van der Waals surface area contributed by atoms with Gasteiger partial charge in [-0.3, -0.25) is 0 Å². The first-order valence-corrected chi connectivity index (χ1v) is 5.89. The summed E-state index contributed by atoms with van der Waals surface area (Å²) in [5.74, 6) is 0. The third-order valence-corrected chi connectivity index (χ3v) is 3.34. The SMILES string of the molecule is NCCc1csc(-c2ccsc2)n1. The Balaban J connectivity index is 2.23. The first-order chi connectivity index (χ1) is 6.40. The number of nitrogens with zero attached hydrogens (tertiary/aromatic N) is 1. The molecule has 2 heterocycles. The van der Waals surface area contributed by atoms with E-state index in [1.54, 1.807) is 22.7 Å². The third-order valence-electron chi connectivity index (χ3n) is 1.72. The number of hydrogen-bond acceptors (Lipinski definition) is 4. The molecular weight excluding hydrogens is 200 g/mol. The molecule has 2 rings (SSSR count). The highest BCUT2D eigenvalue weighted by Gasteiger charge is 2.03. The molecule has 13 heavy (non-hydrogen) atoms. The van der Waals surface area contributed by atoms with Crippen molar-refractivity contribution in [3.05, 3.63) is 27.9 Å². The molecule has 68 valence electrons. The van der Waals surface area contributed by atoms with Crippen molar-refractivity contribution in [2.24, 2.45) is 5.73 Å². The number of thiazole rings is 1. The van der Waals surface area contributed by atoms with Crippen LogP contribution >= 0.6 is 22.7 Å². The van der Waals surface area contributed by atoms with E-state index in [4.69, 9.17) is 5.73 Å². The van der Waals surface area contributed by atoms with E-state index in [0.717, 1.165) is 17.1 Å².